The Morgan fingerprint density at radius 3 is 2.37 bits per heavy atom. The first-order valence-electron chi connectivity index (χ1n) is 10.3. The highest BCUT2D eigenvalue weighted by Gasteiger charge is 2.35. The number of carbonyl (C=O) groups is 1. The van der Waals surface area contributed by atoms with Gasteiger partial charge >= 0.3 is 5.97 Å². The normalized spacial score (nSPS) is 16.8. The van der Waals surface area contributed by atoms with E-state index in [2.05, 4.69) is 27.7 Å². The van der Waals surface area contributed by atoms with Crippen LogP contribution in [0.3, 0.4) is 0 Å². The minimum absolute atomic E-state index is 0.0445. The van der Waals surface area contributed by atoms with Crippen molar-refractivity contribution in [3.63, 3.8) is 0 Å². The number of ether oxygens (including phenoxy) is 2. The molecular formula is C23H36O4. The van der Waals surface area contributed by atoms with Gasteiger partial charge in [0, 0.05) is 24.2 Å². The van der Waals surface area contributed by atoms with Crippen molar-refractivity contribution >= 4 is 5.97 Å². The van der Waals surface area contributed by atoms with Crippen LogP contribution in [0.2, 0.25) is 0 Å². The van der Waals surface area contributed by atoms with Crippen LogP contribution in [0.5, 0.6) is 11.5 Å². The van der Waals surface area contributed by atoms with E-state index >= 15 is 0 Å². The van der Waals surface area contributed by atoms with E-state index in [1.807, 2.05) is 12.1 Å². The van der Waals surface area contributed by atoms with Gasteiger partial charge in [-0.1, -0.05) is 47.0 Å². The lowest BCUT2D eigenvalue weighted by Crippen LogP contribution is -2.27. The third kappa shape index (κ3) is 5.47. The van der Waals surface area contributed by atoms with Crippen LogP contribution >= 0.6 is 0 Å². The fraction of sp³-hybridized carbons (Fsp3) is 0.696. The van der Waals surface area contributed by atoms with Gasteiger partial charge in [0.05, 0.1) is 7.11 Å². The molecular weight excluding hydrogens is 340 g/mol. The molecule has 0 aliphatic heterocycles. The lowest BCUT2D eigenvalue weighted by atomic mass is 9.69. The molecule has 1 aromatic carbocycles. The van der Waals surface area contributed by atoms with Crippen molar-refractivity contribution in [2.75, 3.05) is 13.7 Å². The SMILES string of the molecule is COc1c(C(C)(C)C)cc(OC(=O)CCCCO)cc1C1(C)CCCCC1. The molecule has 27 heavy (non-hydrogen) atoms. The van der Waals surface area contributed by atoms with Crippen LogP contribution in [0.25, 0.3) is 0 Å². The van der Waals surface area contributed by atoms with Gasteiger partial charge < -0.3 is 14.6 Å². The molecule has 1 aliphatic rings. The van der Waals surface area contributed by atoms with Gasteiger partial charge in [-0.15, -0.1) is 0 Å². The largest absolute Gasteiger partial charge is 0.496 e. The highest BCUT2D eigenvalue weighted by Crippen LogP contribution is 2.48. The van der Waals surface area contributed by atoms with Crippen molar-refractivity contribution in [3.05, 3.63) is 23.3 Å². The molecule has 0 radical (unpaired) electrons. The molecule has 0 bridgehead atoms. The van der Waals surface area contributed by atoms with Crippen LogP contribution in [0, 0.1) is 0 Å². The first-order valence-corrected chi connectivity index (χ1v) is 10.3. The predicted octanol–water partition coefficient (Wildman–Crippen LogP) is 5.28. The van der Waals surface area contributed by atoms with E-state index in [1.165, 1.54) is 19.3 Å². The molecule has 0 saturated heterocycles. The first kappa shape index (κ1) is 21.7. The standard InChI is InChI=1S/C23H36O4/c1-22(2,3)18-15-17(27-20(25)11-7-10-14-24)16-19(21(18)26-5)23(4)12-8-6-9-13-23/h15-16,24H,6-14H2,1-5H3. The molecule has 0 unspecified atom stereocenters. The molecule has 4 heteroatoms. The summed E-state index contributed by atoms with van der Waals surface area (Å²) in [6.45, 7) is 8.88. The Morgan fingerprint density at radius 1 is 1.15 bits per heavy atom. The number of aliphatic hydroxyl groups is 1. The fourth-order valence-corrected chi connectivity index (χ4v) is 4.05. The lowest BCUT2D eigenvalue weighted by Gasteiger charge is -2.37. The zero-order valence-corrected chi connectivity index (χ0v) is 17.7. The van der Waals surface area contributed by atoms with Crippen LogP contribution in [0.15, 0.2) is 12.1 Å². The van der Waals surface area contributed by atoms with Crippen LogP contribution in [0.4, 0.5) is 0 Å². The second-order valence-electron chi connectivity index (χ2n) is 9.08. The van der Waals surface area contributed by atoms with E-state index in [-0.39, 0.29) is 23.4 Å². The number of esters is 1. The zero-order chi connectivity index (χ0) is 20.1. The zero-order valence-electron chi connectivity index (χ0n) is 17.7. The quantitative estimate of drug-likeness (QED) is 0.399. The molecule has 0 spiro atoms. The molecule has 1 N–H and O–H groups in total. The van der Waals surface area contributed by atoms with Gasteiger partial charge in [0.15, 0.2) is 0 Å². The summed E-state index contributed by atoms with van der Waals surface area (Å²) in [6.07, 6.45) is 7.55. The molecule has 1 aromatic rings. The number of methoxy groups -OCH3 is 1. The Bertz CT molecular complexity index is 637. The average Bonchev–Trinajstić information content (AvgIpc) is 2.61. The Hall–Kier alpha value is -1.55. The molecule has 0 amide bonds. The van der Waals surface area contributed by atoms with E-state index in [1.54, 1.807) is 7.11 Å². The first-order chi connectivity index (χ1) is 12.7. The van der Waals surface area contributed by atoms with E-state index in [4.69, 9.17) is 14.6 Å². The molecule has 0 heterocycles. The summed E-state index contributed by atoms with van der Waals surface area (Å²) in [5.41, 5.74) is 2.16. The van der Waals surface area contributed by atoms with Crippen LogP contribution in [-0.4, -0.2) is 24.8 Å². The number of carbonyl (C=O) groups excluding carboxylic acids is 1. The van der Waals surface area contributed by atoms with Crippen LogP contribution in [-0.2, 0) is 15.6 Å². The van der Waals surface area contributed by atoms with Gasteiger partial charge in [0.2, 0.25) is 0 Å². The van der Waals surface area contributed by atoms with Crippen molar-refractivity contribution < 1.29 is 19.4 Å². The highest BCUT2D eigenvalue weighted by atomic mass is 16.5. The second kappa shape index (κ2) is 9.09. The molecule has 1 aliphatic carbocycles. The number of aliphatic hydroxyl groups excluding tert-OH is 1. The number of rotatable bonds is 7. The predicted molar refractivity (Wildman–Crippen MR) is 109 cm³/mol. The van der Waals surface area contributed by atoms with Crippen molar-refractivity contribution in [2.45, 2.75) is 89.9 Å². The lowest BCUT2D eigenvalue weighted by molar-refractivity contribution is -0.134. The van der Waals surface area contributed by atoms with Gasteiger partial charge in [-0.25, -0.2) is 0 Å². The summed E-state index contributed by atoms with van der Waals surface area (Å²) in [4.78, 5) is 12.2. The molecule has 152 valence electrons. The van der Waals surface area contributed by atoms with Crippen molar-refractivity contribution in [2.24, 2.45) is 0 Å². The van der Waals surface area contributed by atoms with Crippen molar-refractivity contribution in [3.8, 4) is 11.5 Å². The maximum atomic E-state index is 12.2. The number of unbranched alkanes of at least 4 members (excludes halogenated alkanes) is 1. The van der Waals surface area contributed by atoms with Gasteiger partial charge in [0.1, 0.15) is 11.5 Å². The highest BCUT2D eigenvalue weighted by molar-refractivity contribution is 5.73. The minimum Gasteiger partial charge on any atom is -0.496 e. The van der Waals surface area contributed by atoms with Crippen LogP contribution in [0.1, 0.15) is 90.2 Å². The smallest absolute Gasteiger partial charge is 0.311 e. The Kier molecular flexibility index (Phi) is 7.32. The molecule has 2 rings (SSSR count). The Morgan fingerprint density at radius 2 is 1.81 bits per heavy atom. The summed E-state index contributed by atoms with van der Waals surface area (Å²) in [5, 5.41) is 8.90. The van der Waals surface area contributed by atoms with E-state index in [0.29, 0.717) is 25.0 Å². The summed E-state index contributed by atoms with van der Waals surface area (Å²) in [6, 6.07) is 3.97. The molecule has 1 fully saturated rings. The average molecular weight is 377 g/mol. The second-order valence-corrected chi connectivity index (χ2v) is 9.08. The molecule has 0 aromatic heterocycles. The molecule has 4 nitrogen and oxygen atoms in total. The van der Waals surface area contributed by atoms with Gasteiger partial charge in [-0.05, 0) is 48.6 Å². The molecule has 1 saturated carbocycles. The van der Waals surface area contributed by atoms with Gasteiger partial charge in [-0.2, -0.15) is 0 Å². The van der Waals surface area contributed by atoms with E-state index < -0.39 is 0 Å². The maximum absolute atomic E-state index is 12.2. The molecule has 0 atom stereocenters. The Labute approximate surface area is 164 Å². The van der Waals surface area contributed by atoms with Gasteiger partial charge in [-0.3, -0.25) is 4.79 Å². The minimum atomic E-state index is -0.242. The van der Waals surface area contributed by atoms with Gasteiger partial charge in [0.25, 0.3) is 0 Å². The van der Waals surface area contributed by atoms with Crippen molar-refractivity contribution in [1.82, 2.24) is 0 Å². The van der Waals surface area contributed by atoms with E-state index in [9.17, 15) is 4.79 Å². The number of hydrogen-bond donors (Lipinski definition) is 1. The summed E-state index contributed by atoms with van der Waals surface area (Å²) < 4.78 is 11.6. The Balaban J connectivity index is 2.43. The maximum Gasteiger partial charge on any atom is 0.311 e. The van der Waals surface area contributed by atoms with E-state index in [0.717, 1.165) is 29.7 Å². The fourth-order valence-electron chi connectivity index (χ4n) is 4.05. The third-order valence-electron chi connectivity index (χ3n) is 5.70. The van der Waals surface area contributed by atoms with Crippen LogP contribution < -0.4 is 9.47 Å². The summed E-state index contributed by atoms with van der Waals surface area (Å²) in [5.74, 6) is 1.30. The summed E-state index contributed by atoms with van der Waals surface area (Å²) in [7, 11) is 1.74. The van der Waals surface area contributed by atoms with Crippen molar-refractivity contribution in [1.29, 1.82) is 0 Å². The monoisotopic (exact) mass is 376 g/mol. The number of benzene rings is 1. The topological polar surface area (TPSA) is 55.8 Å². The third-order valence-corrected chi connectivity index (χ3v) is 5.70. The summed E-state index contributed by atoms with van der Waals surface area (Å²) >= 11 is 0. The number of hydrogen-bond acceptors (Lipinski definition) is 4.